The van der Waals surface area contributed by atoms with Crippen molar-refractivity contribution in [2.75, 3.05) is 37.9 Å². The van der Waals surface area contributed by atoms with Crippen LogP contribution < -0.4 is 36.1 Å². The molecule has 0 saturated carbocycles. The Bertz CT molecular complexity index is 1700. The zero-order chi connectivity index (χ0) is 35.7. The van der Waals surface area contributed by atoms with E-state index in [2.05, 4.69) is 36.8 Å². The van der Waals surface area contributed by atoms with E-state index in [0.29, 0.717) is 85.1 Å². The molecular formula is C36H45Cl2N7O5S. The third-order valence-electron chi connectivity index (χ3n) is 9.52. The van der Waals surface area contributed by atoms with E-state index in [4.69, 9.17) is 32.7 Å². The Labute approximate surface area is 312 Å². The van der Waals surface area contributed by atoms with Gasteiger partial charge in [-0.05, 0) is 61.9 Å². The fourth-order valence-electron chi connectivity index (χ4n) is 6.79. The molecule has 2 aliphatic heterocycles. The number of nitrogens with one attached hydrogen (secondary N) is 6. The number of urea groups is 1. The summed E-state index contributed by atoms with van der Waals surface area (Å²) in [5.41, 5.74) is 4.94. The lowest BCUT2D eigenvalue weighted by Gasteiger charge is -2.16. The number of aromatic nitrogens is 2. The number of amides is 4. The van der Waals surface area contributed by atoms with Gasteiger partial charge in [0.2, 0.25) is 11.8 Å². The van der Waals surface area contributed by atoms with Gasteiger partial charge in [0.1, 0.15) is 0 Å². The molecule has 1 aromatic heterocycles. The second-order valence-corrected chi connectivity index (χ2v) is 15.1. The summed E-state index contributed by atoms with van der Waals surface area (Å²) in [5.74, 6) is 3.03. The topological polar surface area (TPSA) is 158 Å². The quantitative estimate of drug-likeness (QED) is 0.0517. The second kappa shape index (κ2) is 17.6. The summed E-state index contributed by atoms with van der Waals surface area (Å²) in [4.78, 5) is 36.1. The summed E-state index contributed by atoms with van der Waals surface area (Å²) in [7, 11) is 1.62. The highest BCUT2D eigenvalue weighted by Crippen LogP contribution is 2.44. The van der Waals surface area contributed by atoms with Crippen LogP contribution in [0.3, 0.4) is 0 Å². The molecule has 4 amide bonds. The molecule has 2 saturated heterocycles. The molecule has 15 heteroatoms. The van der Waals surface area contributed by atoms with Gasteiger partial charge in [-0.2, -0.15) is 16.9 Å². The average molecular weight is 759 g/mol. The average Bonchev–Trinajstić information content (AvgIpc) is 3.87. The minimum atomic E-state index is -0.0670. The summed E-state index contributed by atoms with van der Waals surface area (Å²) in [5, 5.41) is 24.5. The Morgan fingerprint density at radius 3 is 2.49 bits per heavy atom. The summed E-state index contributed by atoms with van der Waals surface area (Å²) < 4.78 is 11.7. The molecule has 1 aliphatic carbocycles. The minimum absolute atomic E-state index is 0.00640. The van der Waals surface area contributed by atoms with Crippen LogP contribution in [0, 0.1) is 0 Å². The number of H-pyrrole nitrogens is 1. The Hall–Kier alpha value is -3.81. The van der Waals surface area contributed by atoms with Crippen molar-refractivity contribution >= 4 is 58.6 Å². The van der Waals surface area contributed by atoms with Crippen LogP contribution in [-0.4, -0.2) is 77.9 Å². The van der Waals surface area contributed by atoms with E-state index in [1.165, 1.54) is 0 Å². The van der Waals surface area contributed by atoms with Gasteiger partial charge in [0.15, 0.2) is 17.3 Å². The summed E-state index contributed by atoms with van der Waals surface area (Å²) in [6.45, 7) is 1.95. The van der Waals surface area contributed by atoms with E-state index in [9.17, 15) is 14.4 Å². The first-order valence-corrected chi connectivity index (χ1v) is 19.4. The van der Waals surface area contributed by atoms with Crippen molar-refractivity contribution in [3.05, 3.63) is 57.1 Å². The third-order valence-corrected chi connectivity index (χ3v) is 11.7. The molecule has 2 fully saturated rings. The van der Waals surface area contributed by atoms with Crippen LogP contribution in [0.2, 0.25) is 10.0 Å². The maximum atomic E-state index is 12.3. The highest BCUT2D eigenvalue weighted by Gasteiger charge is 2.42. The monoisotopic (exact) mass is 757 g/mol. The number of aromatic amines is 1. The van der Waals surface area contributed by atoms with Gasteiger partial charge in [-0.3, -0.25) is 14.7 Å². The number of anilines is 1. The fourth-order valence-corrected chi connectivity index (χ4v) is 8.87. The lowest BCUT2D eigenvalue weighted by atomic mass is 10.0. The number of hydrogen-bond acceptors (Lipinski definition) is 8. The van der Waals surface area contributed by atoms with Gasteiger partial charge in [0.25, 0.3) is 0 Å². The van der Waals surface area contributed by atoms with Crippen LogP contribution in [0.1, 0.15) is 68.1 Å². The van der Waals surface area contributed by atoms with Crippen molar-refractivity contribution in [2.24, 2.45) is 0 Å². The highest BCUT2D eigenvalue weighted by atomic mass is 35.5. The number of halogens is 2. The fraction of sp³-hybridized carbons (Fsp3) is 0.500. The van der Waals surface area contributed by atoms with Crippen molar-refractivity contribution in [1.29, 1.82) is 0 Å². The number of carbonyl (C=O) groups excluding carboxylic acids is 3. The smallest absolute Gasteiger partial charge is 0.315 e. The molecule has 6 N–H and O–H groups in total. The molecule has 12 nitrogen and oxygen atoms in total. The van der Waals surface area contributed by atoms with Crippen molar-refractivity contribution in [2.45, 2.75) is 81.7 Å². The Morgan fingerprint density at radius 2 is 1.73 bits per heavy atom. The van der Waals surface area contributed by atoms with Gasteiger partial charge < -0.3 is 36.1 Å². The number of fused-ring (bicyclic) bond motifs is 4. The predicted octanol–water partition coefficient (Wildman–Crippen LogP) is 5.81. The number of benzene rings is 2. The van der Waals surface area contributed by atoms with Crippen LogP contribution in [0.25, 0.3) is 11.3 Å². The molecule has 3 aliphatic rings. The number of methoxy groups -OCH3 is 1. The lowest BCUT2D eigenvalue weighted by molar-refractivity contribution is -0.121. The number of hydrogen-bond donors (Lipinski definition) is 6. The first-order valence-electron chi connectivity index (χ1n) is 17.6. The molecule has 274 valence electrons. The molecule has 3 atom stereocenters. The van der Waals surface area contributed by atoms with Crippen molar-refractivity contribution < 1.29 is 23.9 Å². The van der Waals surface area contributed by atoms with E-state index >= 15 is 0 Å². The van der Waals surface area contributed by atoms with Gasteiger partial charge in [-0.1, -0.05) is 35.7 Å². The SMILES string of the molecule is COc1cc2c(cc1OCCCNC(=O)CCCCNC(=O)CCCCC1SCC3NC(=O)NC31)Cc1c(NCc3c(Cl)cccc3Cl)n[nH]c1-2. The van der Waals surface area contributed by atoms with Gasteiger partial charge in [-0.25, -0.2) is 4.79 Å². The maximum Gasteiger partial charge on any atom is 0.315 e. The number of carbonyl (C=O) groups is 3. The number of unbranched alkanes of at least 4 members (excludes halogenated alkanes) is 2. The van der Waals surface area contributed by atoms with Gasteiger partial charge >= 0.3 is 6.03 Å². The van der Waals surface area contributed by atoms with Crippen LogP contribution in [-0.2, 0) is 22.6 Å². The van der Waals surface area contributed by atoms with Crippen LogP contribution >= 0.6 is 35.0 Å². The van der Waals surface area contributed by atoms with Crippen molar-refractivity contribution in [1.82, 2.24) is 31.5 Å². The van der Waals surface area contributed by atoms with Gasteiger partial charge in [-0.15, -0.1) is 0 Å². The second-order valence-electron chi connectivity index (χ2n) is 13.0. The first-order chi connectivity index (χ1) is 24.8. The molecule has 3 unspecified atom stereocenters. The van der Waals surface area contributed by atoms with Gasteiger partial charge in [0.05, 0.1) is 31.5 Å². The molecule has 0 bridgehead atoms. The molecule has 6 rings (SSSR count). The normalized spacial score (nSPS) is 18.3. The van der Waals surface area contributed by atoms with Crippen LogP contribution in [0.5, 0.6) is 11.5 Å². The van der Waals surface area contributed by atoms with Crippen molar-refractivity contribution in [3.8, 4) is 22.8 Å². The number of rotatable bonds is 19. The van der Waals surface area contributed by atoms with Crippen molar-refractivity contribution in [3.63, 3.8) is 0 Å². The molecular weight excluding hydrogens is 713 g/mol. The first kappa shape index (κ1) is 37.0. The Morgan fingerprint density at radius 1 is 0.980 bits per heavy atom. The summed E-state index contributed by atoms with van der Waals surface area (Å²) in [6.07, 6.45) is 6.50. The molecule has 51 heavy (non-hydrogen) atoms. The lowest BCUT2D eigenvalue weighted by Crippen LogP contribution is -2.36. The number of thioether (sulfide) groups is 1. The number of ether oxygens (including phenoxy) is 2. The van der Waals surface area contributed by atoms with E-state index in [-0.39, 0.29) is 29.9 Å². The van der Waals surface area contributed by atoms with E-state index < -0.39 is 0 Å². The maximum absolute atomic E-state index is 12.3. The molecule has 0 spiro atoms. The van der Waals surface area contributed by atoms with E-state index in [0.717, 1.165) is 65.2 Å². The van der Waals surface area contributed by atoms with Crippen LogP contribution in [0.4, 0.5) is 10.6 Å². The largest absolute Gasteiger partial charge is 0.493 e. The van der Waals surface area contributed by atoms with Crippen LogP contribution in [0.15, 0.2) is 30.3 Å². The van der Waals surface area contributed by atoms with E-state index in [1.807, 2.05) is 42.1 Å². The highest BCUT2D eigenvalue weighted by molar-refractivity contribution is 8.00. The van der Waals surface area contributed by atoms with Gasteiger partial charge in [0, 0.05) is 76.6 Å². The summed E-state index contributed by atoms with van der Waals surface area (Å²) >= 11 is 14.6. The standard InChI is InChI=1S/C36H45Cl2N7O5S/c1-49-28-18-22-21(16-23-33(22)44-45-35(23)41-19-24-25(37)8-6-9-26(24)38)17-29(28)50-15-7-14-40-32(47)12-4-5-13-39-31(46)11-3-2-10-30-34-27(20-51-30)42-36(48)43-34/h6,8-9,17-18,27,30,34H,2-5,7,10-16,19-20H2,1H3,(H,39,46)(H,40,47)(H2,41,44,45)(H2,42,43,48). The zero-order valence-electron chi connectivity index (χ0n) is 28.7. The molecule has 2 aromatic carbocycles. The minimum Gasteiger partial charge on any atom is -0.493 e. The third kappa shape index (κ3) is 9.36. The number of nitrogens with zero attached hydrogens (tertiary/aromatic N) is 1. The molecule has 0 radical (unpaired) electrons. The molecule has 3 aromatic rings. The summed E-state index contributed by atoms with van der Waals surface area (Å²) in [6, 6.07) is 9.80. The van der Waals surface area contributed by atoms with E-state index in [1.54, 1.807) is 7.11 Å². The zero-order valence-corrected chi connectivity index (χ0v) is 31.0. The Balaban J connectivity index is 0.826. The Kier molecular flexibility index (Phi) is 12.8. The predicted molar refractivity (Wildman–Crippen MR) is 201 cm³/mol. The molecule has 3 heterocycles.